The normalized spacial score (nSPS) is 12.2. The molecule has 1 aromatic rings. The molecule has 1 heterocycles. The summed E-state index contributed by atoms with van der Waals surface area (Å²) in [6.45, 7) is 3.72. The largest absolute Gasteiger partial charge is 0.385 e. The van der Waals surface area contributed by atoms with Crippen LogP contribution in [0, 0.1) is 0 Å². The van der Waals surface area contributed by atoms with Gasteiger partial charge in [0.25, 0.3) is 0 Å². The Kier molecular flexibility index (Phi) is 7.07. The molecule has 1 amide bonds. The van der Waals surface area contributed by atoms with Gasteiger partial charge in [0.2, 0.25) is 5.91 Å². The van der Waals surface area contributed by atoms with Crippen molar-refractivity contribution in [3.63, 3.8) is 0 Å². The molecule has 5 nitrogen and oxygen atoms in total. The molecule has 0 saturated heterocycles. The summed E-state index contributed by atoms with van der Waals surface area (Å²) in [7, 11) is 1.65. The van der Waals surface area contributed by atoms with E-state index < -0.39 is 6.04 Å². The molecule has 0 fully saturated rings. The van der Waals surface area contributed by atoms with Gasteiger partial charge in [-0.25, -0.2) is 0 Å². The fourth-order valence-corrected chi connectivity index (χ4v) is 1.84. The van der Waals surface area contributed by atoms with Gasteiger partial charge in [-0.2, -0.15) is 0 Å². The topological polar surface area (TPSA) is 68.5 Å². The van der Waals surface area contributed by atoms with Crippen LogP contribution in [0.25, 0.3) is 0 Å². The summed E-state index contributed by atoms with van der Waals surface area (Å²) in [5, 5.41) is 0. The minimum atomic E-state index is -0.459. The van der Waals surface area contributed by atoms with E-state index in [1.807, 2.05) is 25.1 Å². The Morgan fingerprint density at radius 2 is 2.32 bits per heavy atom. The van der Waals surface area contributed by atoms with Crippen LogP contribution in [-0.2, 0) is 16.1 Å². The van der Waals surface area contributed by atoms with Crippen molar-refractivity contribution < 1.29 is 9.53 Å². The minimum absolute atomic E-state index is 0.0238. The number of nitrogens with two attached hydrogens (primary N) is 1. The van der Waals surface area contributed by atoms with Gasteiger partial charge in [0.05, 0.1) is 18.3 Å². The molecule has 0 aliphatic rings. The number of hydrogen-bond donors (Lipinski definition) is 1. The second kappa shape index (κ2) is 8.61. The monoisotopic (exact) mass is 265 g/mol. The van der Waals surface area contributed by atoms with Gasteiger partial charge in [-0.15, -0.1) is 0 Å². The molecule has 1 rings (SSSR count). The van der Waals surface area contributed by atoms with Crippen molar-refractivity contribution >= 4 is 5.91 Å². The van der Waals surface area contributed by atoms with Crippen molar-refractivity contribution in [3.05, 3.63) is 30.1 Å². The van der Waals surface area contributed by atoms with Crippen molar-refractivity contribution in [1.82, 2.24) is 9.88 Å². The minimum Gasteiger partial charge on any atom is -0.385 e. The second-order valence-corrected chi connectivity index (χ2v) is 4.42. The average molecular weight is 265 g/mol. The van der Waals surface area contributed by atoms with Crippen LogP contribution in [0.2, 0.25) is 0 Å². The Morgan fingerprint density at radius 3 is 2.89 bits per heavy atom. The van der Waals surface area contributed by atoms with Crippen LogP contribution in [0.5, 0.6) is 0 Å². The van der Waals surface area contributed by atoms with Crippen LogP contribution in [0.4, 0.5) is 0 Å². The van der Waals surface area contributed by atoms with Gasteiger partial charge >= 0.3 is 0 Å². The van der Waals surface area contributed by atoms with Crippen molar-refractivity contribution in [3.8, 4) is 0 Å². The first kappa shape index (κ1) is 15.6. The van der Waals surface area contributed by atoms with Gasteiger partial charge in [-0.05, 0) is 31.9 Å². The Morgan fingerprint density at radius 1 is 1.53 bits per heavy atom. The number of carbonyl (C=O) groups is 1. The van der Waals surface area contributed by atoms with E-state index in [0.29, 0.717) is 26.1 Å². The first-order valence-electron chi connectivity index (χ1n) is 6.62. The molecule has 0 bridgehead atoms. The molecule has 0 aliphatic heterocycles. The molecule has 5 heteroatoms. The maximum absolute atomic E-state index is 12.2. The predicted octanol–water partition coefficient (Wildman–Crippen LogP) is 1.18. The molecule has 19 heavy (non-hydrogen) atoms. The van der Waals surface area contributed by atoms with Crippen molar-refractivity contribution in [2.75, 3.05) is 20.3 Å². The summed E-state index contributed by atoms with van der Waals surface area (Å²) < 4.78 is 4.96. The van der Waals surface area contributed by atoms with E-state index in [1.54, 1.807) is 18.2 Å². The van der Waals surface area contributed by atoms with Crippen LogP contribution in [0.3, 0.4) is 0 Å². The molecule has 0 saturated carbocycles. The van der Waals surface area contributed by atoms with Crippen molar-refractivity contribution in [2.24, 2.45) is 5.73 Å². The summed E-state index contributed by atoms with van der Waals surface area (Å²) >= 11 is 0. The average Bonchev–Trinajstić information content (AvgIpc) is 2.45. The number of likely N-dealkylation sites (N-methyl/N-ethyl adjacent to an activating group) is 1. The number of pyridine rings is 1. The SMILES string of the molecule is CCN(Cc1ccccn1)C(=O)C(N)CCCOC. The maximum Gasteiger partial charge on any atom is 0.239 e. The van der Waals surface area contributed by atoms with Crippen LogP contribution < -0.4 is 5.73 Å². The van der Waals surface area contributed by atoms with E-state index in [-0.39, 0.29) is 5.91 Å². The molecule has 0 spiro atoms. The van der Waals surface area contributed by atoms with Gasteiger partial charge in [0.15, 0.2) is 0 Å². The van der Waals surface area contributed by atoms with E-state index in [9.17, 15) is 4.79 Å². The van der Waals surface area contributed by atoms with E-state index in [0.717, 1.165) is 12.1 Å². The number of methoxy groups -OCH3 is 1. The van der Waals surface area contributed by atoms with Gasteiger partial charge in [-0.1, -0.05) is 6.07 Å². The van der Waals surface area contributed by atoms with E-state index >= 15 is 0 Å². The summed E-state index contributed by atoms with van der Waals surface area (Å²) in [6.07, 6.45) is 3.17. The number of carbonyl (C=O) groups excluding carboxylic acids is 1. The molecular weight excluding hydrogens is 242 g/mol. The molecule has 1 unspecified atom stereocenters. The highest BCUT2D eigenvalue weighted by atomic mass is 16.5. The quantitative estimate of drug-likeness (QED) is 0.717. The van der Waals surface area contributed by atoms with E-state index in [4.69, 9.17) is 10.5 Å². The van der Waals surface area contributed by atoms with Crippen molar-refractivity contribution in [2.45, 2.75) is 32.4 Å². The Labute approximate surface area is 114 Å². The number of nitrogens with zero attached hydrogens (tertiary/aromatic N) is 2. The van der Waals surface area contributed by atoms with E-state index in [1.165, 1.54) is 0 Å². The molecule has 106 valence electrons. The number of amides is 1. The van der Waals surface area contributed by atoms with Crippen LogP contribution >= 0.6 is 0 Å². The zero-order chi connectivity index (χ0) is 14.1. The van der Waals surface area contributed by atoms with Crippen LogP contribution in [-0.4, -0.2) is 42.1 Å². The third-order valence-corrected chi connectivity index (χ3v) is 2.95. The molecule has 1 atom stereocenters. The highest BCUT2D eigenvalue weighted by Crippen LogP contribution is 2.05. The summed E-state index contributed by atoms with van der Waals surface area (Å²) in [5.74, 6) is -0.0238. The van der Waals surface area contributed by atoms with Gasteiger partial charge in [-0.3, -0.25) is 9.78 Å². The summed E-state index contributed by atoms with van der Waals surface area (Å²) in [4.78, 5) is 18.2. The molecule has 0 radical (unpaired) electrons. The molecule has 0 aliphatic carbocycles. The summed E-state index contributed by atoms with van der Waals surface area (Å²) in [5.41, 5.74) is 6.80. The third kappa shape index (κ3) is 5.36. The zero-order valence-corrected chi connectivity index (χ0v) is 11.7. The fourth-order valence-electron chi connectivity index (χ4n) is 1.84. The molecule has 0 aromatic carbocycles. The fraction of sp³-hybridized carbons (Fsp3) is 0.571. The molecular formula is C14H23N3O2. The first-order chi connectivity index (χ1) is 9.19. The first-order valence-corrected chi connectivity index (χ1v) is 6.62. The lowest BCUT2D eigenvalue weighted by atomic mass is 10.1. The maximum atomic E-state index is 12.2. The number of hydrogen-bond acceptors (Lipinski definition) is 4. The third-order valence-electron chi connectivity index (χ3n) is 2.95. The molecule has 2 N–H and O–H groups in total. The lowest BCUT2D eigenvalue weighted by molar-refractivity contribution is -0.133. The Hall–Kier alpha value is -1.46. The second-order valence-electron chi connectivity index (χ2n) is 4.42. The number of aromatic nitrogens is 1. The lowest BCUT2D eigenvalue weighted by Crippen LogP contribution is -2.43. The smallest absolute Gasteiger partial charge is 0.239 e. The lowest BCUT2D eigenvalue weighted by Gasteiger charge is -2.24. The highest BCUT2D eigenvalue weighted by molar-refractivity contribution is 5.81. The predicted molar refractivity (Wildman–Crippen MR) is 74.4 cm³/mol. The number of ether oxygens (including phenoxy) is 1. The summed E-state index contributed by atoms with van der Waals surface area (Å²) in [6, 6.07) is 5.22. The van der Waals surface area contributed by atoms with E-state index in [2.05, 4.69) is 4.98 Å². The molecule has 1 aromatic heterocycles. The van der Waals surface area contributed by atoms with Gasteiger partial charge in [0, 0.05) is 26.5 Å². The van der Waals surface area contributed by atoms with Crippen LogP contribution in [0.1, 0.15) is 25.5 Å². The zero-order valence-electron chi connectivity index (χ0n) is 11.7. The highest BCUT2D eigenvalue weighted by Gasteiger charge is 2.19. The standard InChI is InChI=1S/C14H23N3O2/c1-3-17(11-12-7-4-5-9-16-12)14(18)13(15)8-6-10-19-2/h4-5,7,9,13H,3,6,8,10-11,15H2,1-2H3. The van der Waals surface area contributed by atoms with Crippen molar-refractivity contribution in [1.29, 1.82) is 0 Å². The Balaban J connectivity index is 2.51. The van der Waals surface area contributed by atoms with Gasteiger partial charge < -0.3 is 15.4 Å². The number of rotatable bonds is 8. The van der Waals surface area contributed by atoms with Crippen LogP contribution in [0.15, 0.2) is 24.4 Å². The Bertz CT molecular complexity index is 370. The van der Waals surface area contributed by atoms with Gasteiger partial charge in [0.1, 0.15) is 0 Å².